The largest absolute Gasteiger partial charge is 0.337 e. The zero-order valence-electron chi connectivity index (χ0n) is 15.6. The van der Waals surface area contributed by atoms with E-state index in [4.69, 9.17) is 9.94 Å². The zero-order chi connectivity index (χ0) is 17.9. The summed E-state index contributed by atoms with van der Waals surface area (Å²) in [6.45, 7) is 1.48. The van der Waals surface area contributed by atoms with Crippen LogP contribution >= 0.6 is 0 Å². The summed E-state index contributed by atoms with van der Waals surface area (Å²) in [6.07, 6.45) is 7.58. The first-order valence-electron chi connectivity index (χ1n) is 9.89. The van der Waals surface area contributed by atoms with Crippen LogP contribution in [0.4, 0.5) is 0 Å². The van der Waals surface area contributed by atoms with Crippen molar-refractivity contribution in [2.75, 3.05) is 7.05 Å². The van der Waals surface area contributed by atoms with Crippen molar-refractivity contribution in [1.29, 1.82) is 0 Å². The Morgan fingerprint density at radius 3 is 2.19 bits per heavy atom. The molecule has 4 saturated carbocycles. The van der Waals surface area contributed by atoms with Crippen molar-refractivity contribution >= 4 is 11.8 Å². The van der Waals surface area contributed by atoms with E-state index in [0.717, 1.165) is 29.2 Å². The fraction of sp³-hybridized carbons (Fsp3) is 0.619. The van der Waals surface area contributed by atoms with Gasteiger partial charge in [-0.05, 0) is 61.8 Å². The monoisotopic (exact) mass is 353 g/mol. The van der Waals surface area contributed by atoms with Crippen molar-refractivity contribution in [3.05, 3.63) is 35.9 Å². The summed E-state index contributed by atoms with van der Waals surface area (Å²) < 4.78 is 0. The molecule has 5 heteroatoms. The van der Waals surface area contributed by atoms with E-state index < -0.39 is 0 Å². The Morgan fingerprint density at radius 1 is 1.08 bits per heavy atom. The van der Waals surface area contributed by atoms with Crippen LogP contribution in [-0.4, -0.2) is 28.9 Å². The van der Waals surface area contributed by atoms with Gasteiger partial charge in [-0.1, -0.05) is 30.3 Å². The maximum Gasteiger partial charge on any atom is 0.329 e. The molecule has 5 nitrogen and oxygen atoms in total. The van der Waals surface area contributed by atoms with Crippen LogP contribution in [0.2, 0.25) is 0 Å². The van der Waals surface area contributed by atoms with Crippen LogP contribution in [0.3, 0.4) is 0 Å². The van der Waals surface area contributed by atoms with Gasteiger partial charge in [0.1, 0.15) is 0 Å². The normalized spacial score (nSPS) is 37.8. The number of hydrogen-bond acceptors (Lipinski definition) is 5. The highest BCUT2D eigenvalue weighted by Crippen LogP contribution is 2.61. The number of benzene rings is 1. The lowest BCUT2D eigenvalue weighted by molar-refractivity contribution is -0.186. The van der Waals surface area contributed by atoms with Crippen LogP contribution < -0.4 is 0 Å². The summed E-state index contributed by atoms with van der Waals surface area (Å²) in [5.74, 6) is 3.18. The zero-order valence-corrected chi connectivity index (χ0v) is 15.6. The molecule has 1 heterocycles. The molecular formula is C21H27N3O2. The molecule has 0 spiro atoms. The van der Waals surface area contributed by atoms with Crippen LogP contribution in [0.15, 0.2) is 35.4 Å². The van der Waals surface area contributed by atoms with E-state index in [2.05, 4.69) is 12.1 Å². The summed E-state index contributed by atoms with van der Waals surface area (Å²) in [5.41, 5.74) is 1.18. The van der Waals surface area contributed by atoms with E-state index >= 15 is 0 Å². The van der Waals surface area contributed by atoms with E-state index in [1.807, 2.05) is 35.3 Å². The minimum absolute atomic E-state index is 0.0853. The van der Waals surface area contributed by atoms with Gasteiger partial charge in [-0.3, -0.25) is 9.80 Å². The van der Waals surface area contributed by atoms with Crippen LogP contribution in [0.25, 0.3) is 0 Å². The second-order valence-corrected chi connectivity index (χ2v) is 8.89. The molecule has 5 aliphatic rings. The van der Waals surface area contributed by atoms with Crippen molar-refractivity contribution in [3.8, 4) is 0 Å². The Balaban J connectivity index is 1.53. The van der Waals surface area contributed by atoms with Crippen molar-refractivity contribution in [2.24, 2.45) is 28.3 Å². The first kappa shape index (κ1) is 16.2. The van der Waals surface area contributed by atoms with Gasteiger partial charge in [0.25, 0.3) is 0 Å². The second-order valence-electron chi connectivity index (χ2n) is 8.89. The molecule has 1 aliphatic heterocycles. The smallest absolute Gasteiger partial charge is 0.329 e. The highest BCUT2D eigenvalue weighted by Gasteiger charge is 2.57. The molecule has 0 N–H and O–H groups in total. The standard InChI is InChI=1S/C21H27N3O2/c1-14(25)26-24-19(18-6-4-3-5-7-18)23(2)22-20(24)21-11-15-8-16(12-21)10-17(9-15)13-21/h3-7,15-17,19H,8-13H2,1-2H3. The predicted octanol–water partition coefficient (Wildman–Crippen LogP) is 3.94. The molecule has 0 saturated heterocycles. The molecule has 26 heavy (non-hydrogen) atoms. The van der Waals surface area contributed by atoms with Crippen molar-refractivity contribution < 1.29 is 9.63 Å². The van der Waals surface area contributed by atoms with E-state index in [-0.39, 0.29) is 17.6 Å². The van der Waals surface area contributed by atoms with Crippen molar-refractivity contribution in [1.82, 2.24) is 10.1 Å². The molecule has 4 bridgehead atoms. The lowest BCUT2D eigenvalue weighted by Crippen LogP contribution is -2.54. The molecular weight excluding hydrogens is 326 g/mol. The minimum atomic E-state index is -0.279. The third-order valence-corrected chi connectivity index (χ3v) is 6.87. The van der Waals surface area contributed by atoms with Crippen LogP contribution in [-0.2, 0) is 9.63 Å². The number of rotatable bonds is 3. The van der Waals surface area contributed by atoms with Gasteiger partial charge in [0, 0.05) is 19.4 Å². The molecule has 0 radical (unpaired) electrons. The van der Waals surface area contributed by atoms with E-state index in [9.17, 15) is 4.79 Å². The molecule has 138 valence electrons. The Hall–Kier alpha value is -2.04. The summed E-state index contributed by atoms with van der Waals surface area (Å²) in [5, 5.41) is 8.76. The number of hydrogen-bond donors (Lipinski definition) is 0. The number of hydroxylamine groups is 2. The Kier molecular flexibility index (Phi) is 3.56. The third-order valence-electron chi connectivity index (χ3n) is 6.87. The van der Waals surface area contributed by atoms with E-state index in [0.29, 0.717) is 0 Å². The Morgan fingerprint density at radius 2 is 1.65 bits per heavy atom. The van der Waals surface area contributed by atoms with Crippen LogP contribution in [0.1, 0.15) is 57.2 Å². The van der Waals surface area contributed by atoms with Gasteiger partial charge in [-0.2, -0.15) is 10.2 Å². The van der Waals surface area contributed by atoms with Crippen molar-refractivity contribution in [3.63, 3.8) is 0 Å². The van der Waals surface area contributed by atoms with E-state index in [1.165, 1.54) is 45.4 Å². The maximum absolute atomic E-state index is 11.9. The predicted molar refractivity (Wildman–Crippen MR) is 98.6 cm³/mol. The second kappa shape index (κ2) is 5.73. The molecule has 6 rings (SSSR count). The molecule has 1 atom stereocenters. The van der Waals surface area contributed by atoms with Crippen LogP contribution in [0.5, 0.6) is 0 Å². The van der Waals surface area contributed by atoms with Gasteiger partial charge in [0.05, 0.1) is 0 Å². The molecule has 0 amide bonds. The molecule has 0 aromatic heterocycles. The average molecular weight is 353 g/mol. The Bertz CT molecular complexity index is 710. The van der Waals surface area contributed by atoms with Gasteiger partial charge in [0.15, 0.2) is 12.0 Å². The topological polar surface area (TPSA) is 45.1 Å². The summed E-state index contributed by atoms with van der Waals surface area (Å²) in [6, 6.07) is 10.2. The maximum atomic E-state index is 11.9. The van der Waals surface area contributed by atoms with Gasteiger partial charge in [-0.15, -0.1) is 0 Å². The molecule has 4 aliphatic carbocycles. The summed E-state index contributed by atoms with van der Waals surface area (Å²) in [7, 11) is 1.99. The number of amidine groups is 1. The average Bonchev–Trinajstić information content (AvgIpc) is 2.91. The van der Waals surface area contributed by atoms with Crippen molar-refractivity contribution in [2.45, 2.75) is 51.6 Å². The number of nitrogens with zero attached hydrogens (tertiary/aromatic N) is 3. The fourth-order valence-electron chi connectivity index (χ4n) is 6.45. The number of carbonyl (C=O) groups excluding carboxylic acids is 1. The quantitative estimate of drug-likeness (QED) is 0.826. The fourth-order valence-corrected chi connectivity index (χ4v) is 6.45. The number of carbonyl (C=O) groups is 1. The highest BCUT2D eigenvalue weighted by molar-refractivity contribution is 5.90. The number of hydrazone groups is 1. The highest BCUT2D eigenvalue weighted by atomic mass is 16.7. The van der Waals surface area contributed by atoms with Gasteiger partial charge in [-0.25, -0.2) is 0 Å². The summed E-state index contributed by atoms with van der Waals surface area (Å²) in [4.78, 5) is 17.7. The van der Waals surface area contributed by atoms with Crippen LogP contribution in [0, 0.1) is 23.2 Å². The van der Waals surface area contributed by atoms with Gasteiger partial charge < -0.3 is 4.84 Å². The lowest BCUT2D eigenvalue weighted by Gasteiger charge is -2.56. The SMILES string of the molecule is CC(=O)ON1C(C23CC4CC(CC(C4)C2)C3)=NN(C)C1c1ccccc1. The molecule has 4 fully saturated rings. The molecule has 1 unspecified atom stereocenters. The van der Waals surface area contributed by atoms with Gasteiger partial charge in [0.2, 0.25) is 0 Å². The first-order valence-corrected chi connectivity index (χ1v) is 9.89. The van der Waals surface area contributed by atoms with E-state index in [1.54, 1.807) is 0 Å². The van der Waals surface area contributed by atoms with Gasteiger partial charge >= 0.3 is 5.97 Å². The first-order chi connectivity index (χ1) is 12.5. The lowest BCUT2D eigenvalue weighted by atomic mass is 9.49. The third kappa shape index (κ3) is 2.43. The minimum Gasteiger partial charge on any atom is -0.337 e. The molecule has 1 aromatic rings. The Labute approximate surface area is 154 Å². The summed E-state index contributed by atoms with van der Waals surface area (Å²) >= 11 is 0. The molecule has 1 aromatic carbocycles.